The highest BCUT2D eigenvalue weighted by atomic mass is 16.2. The third-order valence-electron chi connectivity index (χ3n) is 2.59. The van der Waals surface area contributed by atoms with E-state index in [-0.39, 0.29) is 11.7 Å². The Bertz CT molecular complexity index is 466. The van der Waals surface area contributed by atoms with Crippen molar-refractivity contribution in [3.63, 3.8) is 0 Å². The van der Waals surface area contributed by atoms with E-state index in [9.17, 15) is 9.59 Å². The topological polar surface area (TPSA) is 79.6 Å². The Morgan fingerprint density at radius 2 is 2.22 bits per heavy atom. The molecule has 0 unspecified atom stereocenters. The van der Waals surface area contributed by atoms with E-state index in [0.717, 1.165) is 6.54 Å². The van der Waals surface area contributed by atoms with E-state index in [2.05, 4.69) is 15.3 Å². The van der Waals surface area contributed by atoms with Gasteiger partial charge in [0.2, 0.25) is 0 Å². The Labute approximate surface area is 105 Å². The summed E-state index contributed by atoms with van der Waals surface area (Å²) in [5, 5.41) is 2.47. The Morgan fingerprint density at radius 1 is 1.39 bits per heavy atom. The number of hydrogen-bond donors (Lipinski definition) is 1. The van der Waals surface area contributed by atoms with Gasteiger partial charge in [-0.15, -0.1) is 0 Å². The van der Waals surface area contributed by atoms with Crippen LogP contribution in [0.4, 0.5) is 4.79 Å². The molecular formula is C11H15N5O2. The molecule has 18 heavy (non-hydrogen) atoms. The molecule has 1 aromatic heterocycles. The first kappa shape index (κ1) is 12.3. The van der Waals surface area contributed by atoms with Crippen LogP contribution in [-0.4, -0.2) is 45.3 Å². The molecule has 1 aliphatic heterocycles. The molecule has 0 aliphatic carbocycles. The van der Waals surface area contributed by atoms with Crippen molar-refractivity contribution in [2.75, 3.05) is 13.1 Å². The standard InChI is InChI=1S/C11H15N5O2/c1-2-13-9-10(17)16(11(18)14-9)6-3-5-15-7-4-12-8-15/h4,7-8H,2-3,5-6H2,1H3,(H,13,14,18). The SMILES string of the molecule is CCN=C1NC(=O)N(CCCn2ccnc2)C1=O. The zero-order valence-electron chi connectivity index (χ0n) is 10.2. The largest absolute Gasteiger partial charge is 0.337 e. The van der Waals surface area contributed by atoms with Crippen molar-refractivity contribution in [3.05, 3.63) is 18.7 Å². The van der Waals surface area contributed by atoms with Gasteiger partial charge >= 0.3 is 6.03 Å². The number of amidine groups is 1. The number of carbonyl (C=O) groups is 2. The lowest BCUT2D eigenvalue weighted by molar-refractivity contribution is -0.120. The van der Waals surface area contributed by atoms with E-state index in [1.54, 1.807) is 12.5 Å². The average molecular weight is 249 g/mol. The van der Waals surface area contributed by atoms with Gasteiger partial charge < -0.3 is 4.57 Å². The second-order valence-corrected chi connectivity index (χ2v) is 3.86. The number of nitrogens with zero attached hydrogens (tertiary/aromatic N) is 4. The molecule has 1 saturated heterocycles. The molecule has 0 spiro atoms. The van der Waals surface area contributed by atoms with Crippen LogP contribution in [-0.2, 0) is 11.3 Å². The predicted octanol–water partition coefficient (Wildman–Crippen LogP) is 0.243. The van der Waals surface area contributed by atoms with E-state index in [1.807, 2.05) is 17.7 Å². The number of rotatable bonds is 5. The third-order valence-corrected chi connectivity index (χ3v) is 2.59. The van der Waals surface area contributed by atoms with Gasteiger partial charge in [-0.3, -0.25) is 20.0 Å². The molecule has 0 aromatic carbocycles. The summed E-state index contributed by atoms with van der Waals surface area (Å²) in [6.07, 6.45) is 5.93. The van der Waals surface area contributed by atoms with Gasteiger partial charge in [-0.1, -0.05) is 0 Å². The van der Waals surface area contributed by atoms with Gasteiger partial charge in [-0.25, -0.2) is 9.78 Å². The Hall–Kier alpha value is -2.18. The molecule has 7 nitrogen and oxygen atoms in total. The van der Waals surface area contributed by atoms with Crippen molar-refractivity contribution in [2.45, 2.75) is 19.9 Å². The normalized spacial score (nSPS) is 17.6. The highest BCUT2D eigenvalue weighted by Crippen LogP contribution is 2.04. The number of aromatic nitrogens is 2. The molecule has 1 fully saturated rings. The maximum atomic E-state index is 11.8. The predicted molar refractivity (Wildman–Crippen MR) is 65.1 cm³/mol. The van der Waals surface area contributed by atoms with Gasteiger partial charge in [0, 0.05) is 32.0 Å². The zero-order valence-corrected chi connectivity index (χ0v) is 10.2. The number of aryl methyl sites for hydroxylation is 1. The molecule has 3 amide bonds. The number of carbonyl (C=O) groups excluding carboxylic acids is 2. The summed E-state index contributed by atoms with van der Waals surface area (Å²) in [6, 6.07) is -0.391. The van der Waals surface area contributed by atoms with Crippen LogP contribution in [0.5, 0.6) is 0 Å². The number of imide groups is 1. The van der Waals surface area contributed by atoms with Crippen molar-refractivity contribution < 1.29 is 9.59 Å². The summed E-state index contributed by atoms with van der Waals surface area (Å²) < 4.78 is 1.90. The van der Waals surface area contributed by atoms with E-state index in [0.29, 0.717) is 19.5 Å². The second-order valence-electron chi connectivity index (χ2n) is 3.86. The number of imidazole rings is 1. The van der Waals surface area contributed by atoms with Crippen LogP contribution in [0.3, 0.4) is 0 Å². The van der Waals surface area contributed by atoms with Crippen molar-refractivity contribution in [1.82, 2.24) is 19.8 Å². The molecule has 1 aromatic rings. The maximum Gasteiger partial charge on any atom is 0.330 e. The molecule has 7 heteroatoms. The van der Waals surface area contributed by atoms with Crippen LogP contribution in [0.2, 0.25) is 0 Å². The highest BCUT2D eigenvalue weighted by molar-refractivity contribution is 6.47. The van der Waals surface area contributed by atoms with Crippen LogP contribution in [0, 0.1) is 0 Å². The van der Waals surface area contributed by atoms with Gasteiger partial charge in [0.25, 0.3) is 5.91 Å². The Kier molecular flexibility index (Phi) is 3.71. The fourth-order valence-corrected chi connectivity index (χ4v) is 1.74. The minimum atomic E-state index is -0.391. The number of aliphatic imine (C=N–C) groups is 1. The van der Waals surface area contributed by atoms with Crippen molar-refractivity contribution in [1.29, 1.82) is 0 Å². The Morgan fingerprint density at radius 3 is 2.89 bits per heavy atom. The van der Waals surface area contributed by atoms with Crippen molar-refractivity contribution in [3.8, 4) is 0 Å². The van der Waals surface area contributed by atoms with Crippen molar-refractivity contribution in [2.24, 2.45) is 4.99 Å². The van der Waals surface area contributed by atoms with Crippen LogP contribution < -0.4 is 5.32 Å². The van der Waals surface area contributed by atoms with Crippen molar-refractivity contribution >= 4 is 17.8 Å². The molecule has 96 valence electrons. The first-order valence-corrected chi connectivity index (χ1v) is 5.85. The van der Waals surface area contributed by atoms with Gasteiger partial charge in [-0.2, -0.15) is 0 Å². The molecule has 1 N–H and O–H groups in total. The quantitative estimate of drug-likeness (QED) is 0.759. The first-order chi connectivity index (χ1) is 8.72. The maximum absolute atomic E-state index is 11.8. The summed E-state index contributed by atoms with van der Waals surface area (Å²) in [4.78, 5) is 32.4. The summed E-state index contributed by atoms with van der Waals surface area (Å²) in [6.45, 7) is 3.39. The summed E-state index contributed by atoms with van der Waals surface area (Å²) in [5.74, 6) is -0.197. The molecule has 0 bridgehead atoms. The number of urea groups is 1. The second kappa shape index (κ2) is 5.44. The molecule has 0 atom stereocenters. The third kappa shape index (κ3) is 2.55. The van der Waals surface area contributed by atoms with Crippen LogP contribution in [0.15, 0.2) is 23.7 Å². The molecular weight excluding hydrogens is 234 g/mol. The summed E-state index contributed by atoms with van der Waals surface area (Å²) >= 11 is 0. The smallest absolute Gasteiger partial charge is 0.330 e. The van der Waals surface area contributed by atoms with E-state index < -0.39 is 6.03 Å². The minimum absolute atomic E-state index is 0.144. The lowest BCUT2D eigenvalue weighted by Crippen LogP contribution is -2.32. The average Bonchev–Trinajstić information content (AvgIpc) is 2.93. The van der Waals surface area contributed by atoms with Gasteiger partial charge in [0.1, 0.15) is 0 Å². The lowest BCUT2D eigenvalue weighted by atomic mass is 10.4. The Balaban J connectivity index is 1.88. The number of amides is 3. The van der Waals surface area contributed by atoms with E-state index in [1.165, 1.54) is 4.90 Å². The zero-order chi connectivity index (χ0) is 13.0. The van der Waals surface area contributed by atoms with Gasteiger partial charge in [0.15, 0.2) is 5.84 Å². The monoisotopic (exact) mass is 249 g/mol. The first-order valence-electron chi connectivity index (χ1n) is 5.85. The molecule has 1 aliphatic rings. The van der Waals surface area contributed by atoms with Gasteiger partial charge in [0.05, 0.1) is 6.33 Å². The minimum Gasteiger partial charge on any atom is -0.337 e. The van der Waals surface area contributed by atoms with Crippen LogP contribution >= 0.6 is 0 Å². The molecule has 0 saturated carbocycles. The highest BCUT2D eigenvalue weighted by Gasteiger charge is 2.34. The molecule has 2 heterocycles. The number of hydrogen-bond acceptors (Lipinski definition) is 4. The van der Waals surface area contributed by atoms with E-state index in [4.69, 9.17) is 0 Å². The fourth-order valence-electron chi connectivity index (χ4n) is 1.74. The summed E-state index contributed by atoms with van der Waals surface area (Å²) in [7, 11) is 0. The van der Waals surface area contributed by atoms with Crippen LogP contribution in [0.1, 0.15) is 13.3 Å². The van der Waals surface area contributed by atoms with E-state index >= 15 is 0 Å². The number of nitrogens with one attached hydrogen (secondary N) is 1. The lowest BCUT2D eigenvalue weighted by Gasteiger charge is -2.11. The van der Waals surface area contributed by atoms with Gasteiger partial charge in [-0.05, 0) is 13.3 Å². The molecule has 0 radical (unpaired) electrons. The van der Waals surface area contributed by atoms with Crippen LogP contribution in [0.25, 0.3) is 0 Å². The fraction of sp³-hybridized carbons (Fsp3) is 0.455. The molecule has 2 rings (SSSR count). The summed E-state index contributed by atoms with van der Waals surface area (Å²) in [5.41, 5.74) is 0.